The Morgan fingerprint density at radius 1 is 1.65 bits per heavy atom. The molecule has 1 saturated carbocycles. The van der Waals surface area contributed by atoms with Crippen molar-refractivity contribution in [3.63, 3.8) is 0 Å². The lowest BCUT2D eigenvalue weighted by Gasteiger charge is -2.48. The fraction of sp³-hybridized carbons (Fsp3) is 0.667. The molecule has 2 heteroatoms. The predicted molar refractivity (Wildman–Crippen MR) is 68.5 cm³/mol. The summed E-state index contributed by atoms with van der Waals surface area (Å²) in [5, 5.41) is 9.72. The minimum absolute atomic E-state index is 0.0364. The minimum atomic E-state index is -0.153. The largest absolute Gasteiger partial charge is 0.395 e. The van der Waals surface area contributed by atoms with Gasteiger partial charge in [0.05, 0.1) is 6.61 Å². The van der Waals surface area contributed by atoms with E-state index in [-0.39, 0.29) is 29.6 Å². The van der Waals surface area contributed by atoms with Crippen LogP contribution in [0, 0.1) is 23.2 Å². The lowest BCUT2D eigenvalue weighted by atomic mass is 9.56. The van der Waals surface area contributed by atoms with Crippen LogP contribution in [0.15, 0.2) is 24.3 Å². The van der Waals surface area contributed by atoms with Gasteiger partial charge in [-0.2, -0.15) is 0 Å². The van der Waals surface area contributed by atoms with Crippen LogP contribution in [0.3, 0.4) is 0 Å². The highest BCUT2D eigenvalue weighted by Crippen LogP contribution is 2.51. The third-order valence-electron chi connectivity index (χ3n) is 4.86. The van der Waals surface area contributed by atoms with Gasteiger partial charge in [-0.3, -0.25) is 4.79 Å². The third kappa shape index (κ3) is 1.99. The number of fused-ring (bicyclic) bond motifs is 1. The second-order valence-electron chi connectivity index (χ2n) is 5.84. The molecule has 0 aliphatic heterocycles. The molecule has 0 bridgehead atoms. The maximum absolute atomic E-state index is 11.8. The highest BCUT2D eigenvalue weighted by Gasteiger charge is 2.47. The number of aliphatic hydroxyl groups excluding tert-OH is 1. The summed E-state index contributed by atoms with van der Waals surface area (Å²) in [4.78, 5) is 11.8. The Hall–Kier alpha value is -0.890. The van der Waals surface area contributed by atoms with E-state index < -0.39 is 0 Å². The number of carbonyl (C=O) groups excluding carboxylic acids is 1. The zero-order chi connectivity index (χ0) is 12.6. The summed E-state index contributed by atoms with van der Waals surface area (Å²) in [6.45, 7) is 8.28. The monoisotopic (exact) mass is 234 g/mol. The van der Waals surface area contributed by atoms with Crippen molar-refractivity contribution in [2.45, 2.75) is 33.1 Å². The number of carbonyl (C=O) groups is 1. The first-order valence-corrected chi connectivity index (χ1v) is 6.49. The van der Waals surface area contributed by atoms with Gasteiger partial charge in [-0.25, -0.2) is 0 Å². The van der Waals surface area contributed by atoms with E-state index in [1.165, 1.54) is 5.57 Å². The average molecular weight is 234 g/mol. The molecule has 2 aliphatic carbocycles. The van der Waals surface area contributed by atoms with E-state index in [2.05, 4.69) is 13.5 Å². The molecular formula is C15H22O2. The van der Waals surface area contributed by atoms with Crippen molar-refractivity contribution in [1.29, 1.82) is 0 Å². The Bertz CT molecular complexity index is 369. The van der Waals surface area contributed by atoms with Crippen LogP contribution in [0.4, 0.5) is 0 Å². The Balaban J connectivity index is 2.30. The molecule has 17 heavy (non-hydrogen) atoms. The number of allylic oxidation sites excluding steroid dienone is 2. The van der Waals surface area contributed by atoms with Gasteiger partial charge in [0.25, 0.3) is 0 Å². The Labute approximate surface area is 103 Å². The van der Waals surface area contributed by atoms with E-state index in [4.69, 9.17) is 0 Å². The van der Waals surface area contributed by atoms with Crippen LogP contribution in [-0.4, -0.2) is 17.5 Å². The number of aliphatic hydroxyl groups is 1. The number of ketones is 1. The number of hydrogen-bond donors (Lipinski definition) is 1. The molecule has 1 fully saturated rings. The van der Waals surface area contributed by atoms with Crippen LogP contribution in [0.2, 0.25) is 0 Å². The fourth-order valence-electron chi connectivity index (χ4n) is 3.49. The summed E-state index contributed by atoms with van der Waals surface area (Å²) in [7, 11) is 0. The van der Waals surface area contributed by atoms with E-state index in [1.54, 1.807) is 6.08 Å². The van der Waals surface area contributed by atoms with Crippen LogP contribution in [-0.2, 0) is 4.79 Å². The van der Waals surface area contributed by atoms with Crippen LogP contribution in [0.5, 0.6) is 0 Å². The van der Waals surface area contributed by atoms with Crippen LogP contribution >= 0.6 is 0 Å². The first-order chi connectivity index (χ1) is 8.00. The Morgan fingerprint density at radius 3 is 2.94 bits per heavy atom. The second-order valence-corrected chi connectivity index (χ2v) is 5.84. The van der Waals surface area contributed by atoms with Gasteiger partial charge in [-0.05, 0) is 44.1 Å². The van der Waals surface area contributed by atoms with Crippen molar-refractivity contribution in [2.24, 2.45) is 23.2 Å². The van der Waals surface area contributed by atoms with Crippen molar-refractivity contribution >= 4 is 5.78 Å². The van der Waals surface area contributed by atoms with Crippen molar-refractivity contribution in [2.75, 3.05) is 6.61 Å². The summed E-state index contributed by atoms with van der Waals surface area (Å²) in [5.74, 6) is 1.04. The lowest BCUT2D eigenvalue weighted by Crippen LogP contribution is -2.45. The first-order valence-electron chi connectivity index (χ1n) is 6.49. The highest BCUT2D eigenvalue weighted by atomic mass is 16.3. The fourth-order valence-corrected chi connectivity index (χ4v) is 3.49. The van der Waals surface area contributed by atoms with Crippen molar-refractivity contribution in [1.82, 2.24) is 0 Å². The summed E-state index contributed by atoms with van der Waals surface area (Å²) >= 11 is 0. The SMILES string of the molecule is C=C(C)[C@@H]1CC[C@@]2(CO)C=CC(=O)[C@@H](C)[C@@H]2C1. The van der Waals surface area contributed by atoms with E-state index in [1.807, 2.05) is 13.0 Å². The normalized spacial score (nSPS) is 41.1. The molecule has 1 N–H and O–H groups in total. The van der Waals surface area contributed by atoms with E-state index in [0.717, 1.165) is 19.3 Å². The molecule has 0 unspecified atom stereocenters. The standard InChI is InChI=1S/C15H22O2/c1-10(2)12-4-6-15(9-16)7-5-14(17)11(3)13(15)8-12/h5,7,11-13,16H,1,4,6,8-9H2,2-3H3/t11-,12+,13-,15-/m0/s1. The molecule has 0 aromatic rings. The van der Waals surface area contributed by atoms with Gasteiger partial charge in [0.15, 0.2) is 5.78 Å². The van der Waals surface area contributed by atoms with Crippen molar-refractivity contribution in [3.8, 4) is 0 Å². The molecule has 94 valence electrons. The van der Waals surface area contributed by atoms with Crippen molar-refractivity contribution < 1.29 is 9.90 Å². The Morgan fingerprint density at radius 2 is 2.35 bits per heavy atom. The van der Waals surface area contributed by atoms with E-state index in [0.29, 0.717) is 5.92 Å². The molecule has 0 aromatic heterocycles. The molecule has 0 radical (unpaired) electrons. The van der Waals surface area contributed by atoms with Gasteiger partial charge >= 0.3 is 0 Å². The zero-order valence-electron chi connectivity index (χ0n) is 10.8. The molecule has 4 atom stereocenters. The number of rotatable bonds is 2. The van der Waals surface area contributed by atoms with Gasteiger partial charge in [0, 0.05) is 11.3 Å². The summed E-state index contributed by atoms with van der Waals surface area (Å²) in [6.07, 6.45) is 6.69. The van der Waals surface area contributed by atoms with E-state index >= 15 is 0 Å². The van der Waals surface area contributed by atoms with Crippen molar-refractivity contribution in [3.05, 3.63) is 24.3 Å². The van der Waals surface area contributed by atoms with Gasteiger partial charge in [0.2, 0.25) is 0 Å². The van der Waals surface area contributed by atoms with Crippen LogP contribution < -0.4 is 0 Å². The van der Waals surface area contributed by atoms with Gasteiger partial charge in [-0.1, -0.05) is 25.2 Å². The second kappa shape index (κ2) is 4.41. The highest BCUT2D eigenvalue weighted by molar-refractivity contribution is 5.92. The molecule has 0 amide bonds. The summed E-state index contributed by atoms with van der Waals surface area (Å²) < 4.78 is 0. The molecule has 2 aliphatic rings. The molecule has 0 spiro atoms. The van der Waals surface area contributed by atoms with Crippen LogP contribution in [0.1, 0.15) is 33.1 Å². The quantitative estimate of drug-likeness (QED) is 0.746. The van der Waals surface area contributed by atoms with Gasteiger partial charge < -0.3 is 5.11 Å². The van der Waals surface area contributed by atoms with E-state index in [9.17, 15) is 9.90 Å². The lowest BCUT2D eigenvalue weighted by molar-refractivity contribution is -0.124. The molecule has 2 rings (SSSR count). The minimum Gasteiger partial charge on any atom is -0.395 e. The Kier molecular flexibility index (Phi) is 3.26. The first kappa shape index (κ1) is 12.6. The summed E-state index contributed by atoms with van der Waals surface area (Å²) in [5.41, 5.74) is 1.06. The maximum Gasteiger partial charge on any atom is 0.158 e. The number of hydrogen-bond acceptors (Lipinski definition) is 2. The maximum atomic E-state index is 11.8. The molecule has 0 heterocycles. The molecule has 2 nitrogen and oxygen atoms in total. The van der Waals surface area contributed by atoms with Gasteiger partial charge in [0.1, 0.15) is 0 Å². The molecule has 0 aromatic carbocycles. The topological polar surface area (TPSA) is 37.3 Å². The third-order valence-corrected chi connectivity index (χ3v) is 4.86. The summed E-state index contributed by atoms with van der Waals surface area (Å²) in [6, 6.07) is 0. The molecular weight excluding hydrogens is 212 g/mol. The zero-order valence-corrected chi connectivity index (χ0v) is 10.8. The molecule has 0 saturated heterocycles. The van der Waals surface area contributed by atoms with Crippen LogP contribution in [0.25, 0.3) is 0 Å². The predicted octanol–water partition coefficient (Wildman–Crippen LogP) is 2.73. The van der Waals surface area contributed by atoms with Gasteiger partial charge in [-0.15, -0.1) is 0 Å². The average Bonchev–Trinajstić information content (AvgIpc) is 2.33. The smallest absolute Gasteiger partial charge is 0.158 e.